The summed E-state index contributed by atoms with van der Waals surface area (Å²) in [6.45, 7) is 0. The number of fused-ring (bicyclic) bond motifs is 1. The Morgan fingerprint density at radius 3 is 2.80 bits per heavy atom. The number of aldehydes is 1. The van der Waals surface area contributed by atoms with Crippen molar-refractivity contribution in [1.82, 2.24) is 9.97 Å². The molecule has 0 aliphatic rings. The standard InChI is InChI=1S/C14H8BrFN2O2/c15-10-5-18-14(12(20)6-19)13(10)9-4-17-11-2-1-7(16)3-8(9)11/h1-6,17-18H. The van der Waals surface area contributed by atoms with Gasteiger partial charge in [-0.25, -0.2) is 4.39 Å². The first-order valence-corrected chi connectivity index (χ1v) is 6.54. The summed E-state index contributed by atoms with van der Waals surface area (Å²) >= 11 is 3.33. The van der Waals surface area contributed by atoms with E-state index in [0.29, 0.717) is 21.0 Å². The highest BCUT2D eigenvalue weighted by molar-refractivity contribution is 9.10. The predicted octanol–water partition coefficient (Wildman–Crippen LogP) is 3.45. The second-order valence-electron chi connectivity index (χ2n) is 4.26. The van der Waals surface area contributed by atoms with Gasteiger partial charge in [0.05, 0.1) is 5.69 Å². The van der Waals surface area contributed by atoms with Crippen molar-refractivity contribution >= 4 is 38.9 Å². The predicted molar refractivity (Wildman–Crippen MR) is 76.1 cm³/mol. The lowest BCUT2D eigenvalue weighted by Crippen LogP contribution is -2.02. The van der Waals surface area contributed by atoms with Crippen LogP contribution in [0.5, 0.6) is 0 Å². The maximum atomic E-state index is 13.4. The first-order valence-electron chi connectivity index (χ1n) is 5.75. The molecule has 4 nitrogen and oxygen atoms in total. The molecule has 0 fully saturated rings. The number of benzene rings is 1. The largest absolute Gasteiger partial charge is 0.361 e. The van der Waals surface area contributed by atoms with Crippen LogP contribution in [0, 0.1) is 5.82 Å². The Kier molecular flexibility index (Phi) is 3.02. The average molecular weight is 335 g/mol. The topological polar surface area (TPSA) is 65.7 Å². The van der Waals surface area contributed by atoms with Gasteiger partial charge in [0, 0.05) is 38.9 Å². The quantitative estimate of drug-likeness (QED) is 0.437. The van der Waals surface area contributed by atoms with Gasteiger partial charge in [-0.3, -0.25) is 9.59 Å². The SMILES string of the molecule is O=CC(=O)c1[nH]cc(Br)c1-c1c[nH]c2ccc(F)cc12. The molecule has 2 aromatic heterocycles. The smallest absolute Gasteiger partial charge is 0.242 e. The summed E-state index contributed by atoms with van der Waals surface area (Å²) in [6, 6.07) is 4.36. The first kappa shape index (κ1) is 12.8. The minimum atomic E-state index is -0.656. The van der Waals surface area contributed by atoms with E-state index in [1.807, 2.05) is 0 Å². The molecular formula is C14H8BrFN2O2. The molecule has 20 heavy (non-hydrogen) atoms. The molecule has 0 bridgehead atoms. The van der Waals surface area contributed by atoms with Gasteiger partial charge < -0.3 is 9.97 Å². The van der Waals surface area contributed by atoms with Crippen LogP contribution in [0.4, 0.5) is 4.39 Å². The van der Waals surface area contributed by atoms with E-state index in [-0.39, 0.29) is 17.8 Å². The van der Waals surface area contributed by atoms with E-state index in [4.69, 9.17) is 0 Å². The number of H-pyrrole nitrogens is 2. The van der Waals surface area contributed by atoms with Crippen molar-refractivity contribution in [2.24, 2.45) is 0 Å². The zero-order valence-corrected chi connectivity index (χ0v) is 11.6. The first-order chi connectivity index (χ1) is 9.61. The van der Waals surface area contributed by atoms with Crippen molar-refractivity contribution in [3.63, 3.8) is 0 Å². The second kappa shape index (κ2) is 4.72. The van der Waals surface area contributed by atoms with Crippen molar-refractivity contribution in [2.75, 3.05) is 0 Å². The molecule has 0 amide bonds. The van der Waals surface area contributed by atoms with Crippen molar-refractivity contribution in [3.8, 4) is 11.1 Å². The summed E-state index contributed by atoms with van der Waals surface area (Å²) in [5.41, 5.74) is 2.12. The van der Waals surface area contributed by atoms with E-state index in [1.54, 1.807) is 18.5 Å². The highest BCUT2D eigenvalue weighted by Crippen LogP contribution is 2.36. The number of hydrogen-bond acceptors (Lipinski definition) is 2. The van der Waals surface area contributed by atoms with Crippen LogP contribution in [0.25, 0.3) is 22.0 Å². The fraction of sp³-hybridized carbons (Fsp3) is 0. The van der Waals surface area contributed by atoms with Gasteiger partial charge in [-0.2, -0.15) is 0 Å². The maximum Gasteiger partial charge on any atom is 0.242 e. The van der Waals surface area contributed by atoms with E-state index in [1.165, 1.54) is 12.1 Å². The number of ketones is 1. The Balaban J connectivity index is 2.31. The molecule has 3 rings (SSSR count). The van der Waals surface area contributed by atoms with Crippen molar-refractivity contribution in [2.45, 2.75) is 0 Å². The van der Waals surface area contributed by atoms with Crippen molar-refractivity contribution < 1.29 is 14.0 Å². The highest BCUT2D eigenvalue weighted by Gasteiger charge is 2.20. The number of aromatic nitrogens is 2. The van der Waals surface area contributed by atoms with Crippen LogP contribution in [-0.4, -0.2) is 22.0 Å². The molecule has 0 saturated carbocycles. The van der Waals surface area contributed by atoms with E-state index in [2.05, 4.69) is 25.9 Å². The van der Waals surface area contributed by atoms with Crippen LogP contribution in [0.2, 0.25) is 0 Å². The van der Waals surface area contributed by atoms with Gasteiger partial charge in [-0.05, 0) is 34.1 Å². The Morgan fingerprint density at radius 1 is 1.25 bits per heavy atom. The minimum absolute atomic E-state index is 0.178. The van der Waals surface area contributed by atoms with Gasteiger partial charge in [-0.1, -0.05) is 0 Å². The summed E-state index contributed by atoms with van der Waals surface area (Å²) in [7, 11) is 0. The molecule has 1 aromatic carbocycles. The number of rotatable bonds is 3. The zero-order chi connectivity index (χ0) is 14.3. The number of aromatic amines is 2. The van der Waals surface area contributed by atoms with Gasteiger partial charge in [-0.15, -0.1) is 0 Å². The molecule has 2 heterocycles. The third kappa shape index (κ3) is 1.89. The van der Waals surface area contributed by atoms with Crippen LogP contribution in [-0.2, 0) is 4.79 Å². The highest BCUT2D eigenvalue weighted by atomic mass is 79.9. The molecule has 2 N–H and O–H groups in total. The lowest BCUT2D eigenvalue weighted by molar-refractivity contribution is -0.104. The van der Waals surface area contributed by atoms with Gasteiger partial charge in [0.25, 0.3) is 0 Å². The van der Waals surface area contributed by atoms with Crippen LogP contribution in [0.15, 0.2) is 35.1 Å². The Hall–Kier alpha value is -2.21. The Morgan fingerprint density at radius 2 is 2.05 bits per heavy atom. The minimum Gasteiger partial charge on any atom is -0.361 e. The normalized spacial score (nSPS) is 10.9. The van der Waals surface area contributed by atoms with E-state index in [0.717, 1.165) is 5.52 Å². The average Bonchev–Trinajstić information content (AvgIpc) is 3.01. The summed E-state index contributed by atoms with van der Waals surface area (Å²) in [6.07, 6.45) is 3.50. The molecule has 0 atom stereocenters. The molecule has 100 valence electrons. The fourth-order valence-corrected chi connectivity index (χ4v) is 2.74. The fourth-order valence-electron chi connectivity index (χ4n) is 2.22. The molecule has 0 unspecified atom stereocenters. The number of halogens is 2. The lowest BCUT2D eigenvalue weighted by atomic mass is 10.0. The van der Waals surface area contributed by atoms with Gasteiger partial charge in [0.15, 0.2) is 6.29 Å². The van der Waals surface area contributed by atoms with E-state index >= 15 is 0 Å². The van der Waals surface area contributed by atoms with Crippen molar-refractivity contribution in [3.05, 3.63) is 46.6 Å². The Labute approximate surface area is 121 Å². The summed E-state index contributed by atoms with van der Waals surface area (Å²) < 4.78 is 14.0. The number of carbonyl (C=O) groups is 2. The van der Waals surface area contributed by atoms with E-state index in [9.17, 15) is 14.0 Å². The molecule has 0 aliphatic heterocycles. The lowest BCUT2D eigenvalue weighted by Gasteiger charge is -2.01. The summed E-state index contributed by atoms with van der Waals surface area (Å²) in [4.78, 5) is 28.1. The molecule has 0 saturated heterocycles. The molecule has 0 aliphatic carbocycles. The number of hydrogen-bond donors (Lipinski definition) is 2. The van der Waals surface area contributed by atoms with Gasteiger partial charge in [0.1, 0.15) is 5.82 Å². The molecule has 0 spiro atoms. The molecule has 6 heteroatoms. The number of carbonyl (C=O) groups excluding carboxylic acids is 2. The van der Waals surface area contributed by atoms with Gasteiger partial charge >= 0.3 is 0 Å². The van der Waals surface area contributed by atoms with Crippen molar-refractivity contribution in [1.29, 1.82) is 0 Å². The number of Topliss-reactive ketones (excluding diaryl/α,β-unsaturated/α-hetero) is 1. The van der Waals surface area contributed by atoms with Crippen LogP contribution in [0.1, 0.15) is 10.5 Å². The van der Waals surface area contributed by atoms with Crippen LogP contribution >= 0.6 is 15.9 Å². The maximum absolute atomic E-state index is 13.4. The molecule has 3 aromatic rings. The Bertz CT molecular complexity index is 835. The summed E-state index contributed by atoms with van der Waals surface area (Å²) in [5.74, 6) is -1.02. The van der Waals surface area contributed by atoms with Crippen LogP contribution < -0.4 is 0 Å². The van der Waals surface area contributed by atoms with Gasteiger partial charge in [0.2, 0.25) is 5.78 Å². The molecule has 0 radical (unpaired) electrons. The monoisotopic (exact) mass is 334 g/mol. The third-order valence-electron chi connectivity index (χ3n) is 3.10. The summed E-state index contributed by atoms with van der Waals surface area (Å²) in [5, 5.41) is 0.644. The number of nitrogens with one attached hydrogen (secondary N) is 2. The van der Waals surface area contributed by atoms with Crippen LogP contribution in [0.3, 0.4) is 0 Å². The third-order valence-corrected chi connectivity index (χ3v) is 3.72. The molecular weight excluding hydrogens is 327 g/mol. The van der Waals surface area contributed by atoms with E-state index < -0.39 is 5.78 Å². The zero-order valence-electron chi connectivity index (χ0n) is 10.0. The second-order valence-corrected chi connectivity index (χ2v) is 5.12.